The largest absolute Gasteiger partial charge is 0.489 e. The van der Waals surface area contributed by atoms with E-state index in [9.17, 15) is 4.79 Å². The SMILES string of the molecule is Cc1ccccc1O[C@@H](C)CNC(=O)c1ncoc1[C@H]1CCCO1. The summed E-state index contributed by atoms with van der Waals surface area (Å²) in [7, 11) is 0. The van der Waals surface area contributed by atoms with Gasteiger partial charge >= 0.3 is 0 Å². The number of para-hydroxylation sites is 1. The molecule has 0 radical (unpaired) electrons. The summed E-state index contributed by atoms with van der Waals surface area (Å²) in [5.74, 6) is 1.06. The van der Waals surface area contributed by atoms with Crippen LogP contribution in [-0.2, 0) is 4.74 Å². The predicted octanol–water partition coefficient (Wildman–Crippen LogP) is 3.03. The Labute approximate surface area is 141 Å². The first kappa shape index (κ1) is 16.5. The molecule has 24 heavy (non-hydrogen) atoms. The van der Waals surface area contributed by atoms with Crippen molar-refractivity contribution in [1.29, 1.82) is 0 Å². The molecule has 6 nitrogen and oxygen atoms in total. The van der Waals surface area contributed by atoms with Gasteiger partial charge in [0.15, 0.2) is 17.8 Å². The first-order chi connectivity index (χ1) is 11.6. The molecule has 1 aromatic carbocycles. The van der Waals surface area contributed by atoms with E-state index >= 15 is 0 Å². The number of carbonyl (C=O) groups is 1. The van der Waals surface area contributed by atoms with Crippen molar-refractivity contribution in [3.63, 3.8) is 0 Å². The third-order valence-corrected chi connectivity index (χ3v) is 4.00. The minimum Gasteiger partial charge on any atom is -0.489 e. The summed E-state index contributed by atoms with van der Waals surface area (Å²) in [6.07, 6.45) is 2.77. The second kappa shape index (κ2) is 7.49. The molecule has 0 saturated carbocycles. The Bertz CT molecular complexity index is 692. The normalized spacial score (nSPS) is 18.3. The van der Waals surface area contributed by atoms with E-state index in [4.69, 9.17) is 13.9 Å². The van der Waals surface area contributed by atoms with Gasteiger partial charge in [0, 0.05) is 6.61 Å². The molecule has 1 N–H and O–H groups in total. The number of rotatable bonds is 6. The van der Waals surface area contributed by atoms with Crippen molar-refractivity contribution >= 4 is 5.91 Å². The molecule has 128 valence electrons. The van der Waals surface area contributed by atoms with Crippen LogP contribution in [0.5, 0.6) is 5.75 Å². The molecule has 0 unspecified atom stereocenters. The fourth-order valence-electron chi connectivity index (χ4n) is 2.71. The molecule has 1 fully saturated rings. The summed E-state index contributed by atoms with van der Waals surface area (Å²) in [6.45, 7) is 4.97. The van der Waals surface area contributed by atoms with Gasteiger partial charge in [-0.15, -0.1) is 0 Å². The quantitative estimate of drug-likeness (QED) is 0.881. The molecule has 6 heteroatoms. The fraction of sp³-hybridized carbons (Fsp3) is 0.444. The van der Waals surface area contributed by atoms with Gasteiger partial charge in [-0.05, 0) is 38.3 Å². The number of carbonyl (C=O) groups excluding carboxylic acids is 1. The highest BCUT2D eigenvalue weighted by molar-refractivity contribution is 5.93. The van der Waals surface area contributed by atoms with Crippen molar-refractivity contribution in [3.05, 3.63) is 47.7 Å². The van der Waals surface area contributed by atoms with Crippen LogP contribution in [0.3, 0.4) is 0 Å². The number of hydrogen-bond donors (Lipinski definition) is 1. The van der Waals surface area contributed by atoms with Crippen LogP contribution in [0.1, 0.15) is 47.7 Å². The van der Waals surface area contributed by atoms with Crippen molar-refractivity contribution < 1.29 is 18.7 Å². The lowest BCUT2D eigenvalue weighted by molar-refractivity contribution is 0.0851. The van der Waals surface area contributed by atoms with E-state index in [2.05, 4.69) is 10.3 Å². The minimum absolute atomic E-state index is 0.159. The number of aryl methyl sites for hydroxylation is 1. The number of aromatic nitrogens is 1. The number of hydrogen-bond acceptors (Lipinski definition) is 5. The molecule has 2 atom stereocenters. The highest BCUT2D eigenvalue weighted by Crippen LogP contribution is 2.30. The predicted molar refractivity (Wildman–Crippen MR) is 88.0 cm³/mol. The standard InChI is InChI=1S/C18H22N2O4/c1-12-6-3-4-7-14(12)24-13(2)10-19-18(21)16-17(23-11-20-16)15-8-5-9-22-15/h3-4,6-7,11,13,15H,5,8-10H2,1-2H3,(H,19,21)/t13-,15+/m0/s1. The molecule has 3 rings (SSSR count). The summed E-state index contributed by atoms with van der Waals surface area (Å²) in [4.78, 5) is 16.4. The van der Waals surface area contributed by atoms with Crippen molar-refractivity contribution in [1.82, 2.24) is 10.3 Å². The van der Waals surface area contributed by atoms with Crippen molar-refractivity contribution in [2.45, 2.75) is 38.9 Å². The van der Waals surface area contributed by atoms with Gasteiger partial charge in [-0.2, -0.15) is 0 Å². The van der Waals surface area contributed by atoms with E-state index < -0.39 is 0 Å². The molecule has 1 aliphatic heterocycles. The Kier molecular flexibility index (Phi) is 5.15. The molecule has 1 amide bonds. The fourth-order valence-corrected chi connectivity index (χ4v) is 2.71. The molecule has 0 spiro atoms. The molecular weight excluding hydrogens is 308 g/mol. The van der Waals surface area contributed by atoms with Crippen molar-refractivity contribution in [2.75, 3.05) is 13.2 Å². The third-order valence-electron chi connectivity index (χ3n) is 4.00. The van der Waals surface area contributed by atoms with Gasteiger partial charge in [-0.3, -0.25) is 4.79 Å². The van der Waals surface area contributed by atoms with Gasteiger partial charge in [0.05, 0.1) is 6.54 Å². The highest BCUT2D eigenvalue weighted by atomic mass is 16.5. The van der Waals surface area contributed by atoms with E-state index in [-0.39, 0.29) is 18.1 Å². The Hall–Kier alpha value is -2.34. The van der Waals surface area contributed by atoms with Crippen LogP contribution in [0, 0.1) is 6.92 Å². The molecule has 2 aromatic rings. The molecular formula is C18H22N2O4. The monoisotopic (exact) mass is 330 g/mol. The topological polar surface area (TPSA) is 73.6 Å². The molecule has 0 bridgehead atoms. The lowest BCUT2D eigenvalue weighted by atomic mass is 10.1. The van der Waals surface area contributed by atoms with Gasteiger partial charge in [-0.25, -0.2) is 4.98 Å². The van der Waals surface area contributed by atoms with E-state index in [1.165, 1.54) is 6.39 Å². The summed E-state index contributed by atoms with van der Waals surface area (Å²) in [6, 6.07) is 7.80. The lowest BCUT2D eigenvalue weighted by Gasteiger charge is -2.17. The van der Waals surface area contributed by atoms with Crippen molar-refractivity contribution in [3.8, 4) is 5.75 Å². The van der Waals surface area contributed by atoms with Gasteiger partial charge in [0.1, 0.15) is 18.0 Å². The first-order valence-corrected chi connectivity index (χ1v) is 8.20. The second-order valence-electron chi connectivity index (χ2n) is 5.97. The van der Waals surface area contributed by atoms with Crippen LogP contribution >= 0.6 is 0 Å². The Morgan fingerprint density at radius 1 is 1.46 bits per heavy atom. The summed E-state index contributed by atoms with van der Waals surface area (Å²) in [5, 5.41) is 2.85. The Morgan fingerprint density at radius 3 is 3.04 bits per heavy atom. The maximum atomic E-state index is 12.4. The molecule has 1 aromatic heterocycles. The zero-order valence-electron chi connectivity index (χ0n) is 14.0. The smallest absolute Gasteiger partial charge is 0.273 e. The Balaban J connectivity index is 1.56. The zero-order valence-corrected chi connectivity index (χ0v) is 14.0. The number of nitrogens with one attached hydrogen (secondary N) is 1. The average Bonchev–Trinajstić information content (AvgIpc) is 3.25. The number of benzene rings is 1. The van der Waals surface area contributed by atoms with Crippen LogP contribution in [-0.4, -0.2) is 30.1 Å². The van der Waals surface area contributed by atoms with Crippen LogP contribution in [0.25, 0.3) is 0 Å². The molecule has 0 aliphatic carbocycles. The van der Waals surface area contributed by atoms with Crippen LogP contribution in [0.4, 0.5) is 0 Å². The maximum absolute atomic E-state index is 12.4. The van der Waals surface area contributed by atoms with Crippen LogP contribution in [0.15, 0.2) is 35.1 Å². The van der Waals surface area contributed by atoms with Crippen LogP contribution < -0.4 is 10.1 Å². The summed E-state index contributed by atoms with van der Waals surface area (Å²) >= 11 is 0. The highest BCUT2D eigenvalue weighted by Gasteiger charge is 2.28. The van der Waals surface area contributed by atoms with E-state index in [1.807, 2.05) is 38.1 Å². The van der Waals surface area contributed by atoms with Crippen molar-refractivity contribution in [2.24, 2.45) is 0 Å². The molecule has 1 saturated heterocycles. The van der Waals surface area contributed by atoms with Gasteiger partial charge in [0.25, 0.3) is 5.91 Å². The van der Waals surface area contributed by atoms with Gasteiger partial charge < -0.3 is 19.2 Å². The molecule has 2 heterocycles. The van der Waals surface area contributed by atoms with Gasteiger partial charge in [0.2, 0.25) is 0 Å². The van der Waals surface area contributed by atoms with E-state index in [0.717, 1.165) is 24.2 Å². The summed E-state index contributed by atoms with van der Waals surface area (Å²) < 4.78 is 16.8. The summed E-state index contributed by atoms with van der Waals surface area (Å²) in [5.41, 5.74) is 1.36. The number of oxazole rings is 1. The molecule has 1 aliphatic rings. The van der Waals surface area contributed by atoms with Crippen LogP contribution in [0.2, 0.25) is 0 Å². The number of amides is 1. The first-order valence-electron chi connectivity index (χ1n) is 8.20. The third kappa shape index (κ3) is 3.76. The zero-order chi connectivity index (χ0) is 16.9. The number of nitrogens with zero attached hydrogens (tertiary/aromatic N) is 1. The lowest BCUT2D eigenvalue weighted by Crippen LogP contribution is -2.34. The number of ether oxygens (including phenoxy) is 2. The second-order valence-corrected chi connectivity index (χ2v) is 5.97. The maximum Gasteiger partial charge on any atom is 0.273 e. The minimum atomic E-state index is -0.269. The van der Waals surface area contributed by atoms with E-state index in [1.54, 1.807) is 0 Å². The average molecular weight is 330 g/mol. The van der Waals surface area contributed by atoms with E-state index in [0.29, 0.717) is 24.6 Å². The van der Waals surface area contributed by atoms with Gasteiger partial charge in [-0.1, -0.05) is 18.2 Å². The Morgan fingerprint density at radius 2 is 2.29 bits per heavy atom.